The zero-order valence-electron chi connectivity index (χ0n) is 28.4. The van der Waals surface area contributed by atoms with Crippen LogP contribution in [-0.4, -0.2) is 29.9 Å². The van der Waals surface area contributed by atoms with E-state index < -0.39 is 144 Å². The second-order valence-corrected chi connectivity index (χ2v) is 12.9. The Hall–Kier alpha value is -5.19. The molecule has 0 N–H and O–H groups in total. The molecule has 0 unspecified atom stereocenters. The topological polar surface area (TPSA) is 3.01 Å². The smallest absolute Gasteiger partial charge is 0.229 e. The monoisotopic (exact) mass is 905 g/mol. The Balaban J connectivity index is 0.000000464. The Bertz CT molecular complexity index is 2180. The number of nitrogens with zero attached hydrogens (tertiary/aromatic N) is 1. The maximum Gasteiger partial charge on any atom is 0.245 e. The minimum atomic E-state index is -7.22. The van der Waals surface area contributed by atoms with Crippen LogP contribution in [0.2, 0.25) is 0 Å². The van der Waals surface area contributed by atoms with Gasteiger partial charge in [0, 0.05) is 5.54 Å². The molecule has 24 heteroatoms. The molecule has 0 aliphatic heterocycles. The normalized spacial score (nSPS) is 11.6. The number of thioether (sulfide) groups is 1. The highest BCUT2D eigenvalue weighted by molar-refractivity contribution is 8.16. The van der Waals surface area contributed by atoms with Crippen molar-refractivity contribution in [3.05, 3.63) is 163 Å². The van der Waals surface area contributed by atoms with Gasteiger partial charge in [-0.05, 0) is 29.3 Å². The van der Waals surface area contributed by atoms with E-state index in [2.05, 4.69) is 16.7 Å². The molecule has 0 saturated carbocycles. The summed E-state index contributed by atoms with van der Waals surface area (Å²) in [5.74, 6) is -71.4. The molecule has 0 aliphatic carbocycles. The van der Waals surface area contributed by atoms with E-state index in [1.807, 2.05) is 37.7 Å². The minimum Gasteiger partial charge on any atom is -0.229 e. The number of hydrogen-bond acceptors (Lipinski definition) is 1. The van der Waals surface area contributed by atoms with Crippen LogP contribution >= 0.6 is 23.4 Å². The van der Waals surface area contributed by atoms with Crippen molar-refractivity contribution in [3.8, 4) is 0 Å². The first-order valence-electron chi connectivity index (χ1n) is 15.2. The van der Waals surface area contributed by atoms with Crippen molar-refractivity contribution in [3.63, 3.8) is 0 Å². The van der Waals surface area contributed by atoms with Gasteiger partial charge in [-0.25, -0.2) is 92.4 Å². The number of rotatable bonds is 6. The van der Waals surface area contributed by atoms with Gasteiger partial charge in [0.15, 0.2) is 69.8 Å². The second kappa shape index (κ2) is 17.6. The lowest BCUT2D eigenvalue weighted by atomic mass is 9.12. The van der Waals surface area contributed by atoms with E-state index in [9.17, 15) is 52.7 Å². The van der Waals surface area contributed by atoms with E-state index in [-0.39, 0.29) is 0 Å². The Morgan fingerprint density at radius 1 is 0.407 bits per heavy atom. The molecule has 0 aromatic heterocycles. The summed E-state index contributed by atoms with van der Waals surface area (Å²) < 4.78 is 296. The van der Waals surface area contributed by atoms with E-state index in [1.165, 1.54) is 16.1 Å². The third kappa shape index (κ3) is 7.50. The lowest BCUT2D eigenvalue weighted by Crippen LogP contribution is -2.81. The molecule has 0 spiro atoms. The average Bonchev–Trinajstić information content (AvgIpc) is 3.21. The van der Waals surface area contributed by atoms with Crippen molar-refractivity contribution in [2.45, 2.75) is 0 Å². The average molecular weight is 906 g/mol. The maximum atomic E-state index is 15.4. The van der Waals surface area contributed by atoms with Gasteiger partial charge in [-0.3, -0.25) is 0 Å². The van der Waals surface area contributed by atoms with Crippen molar-refractivity contribution in [1.29, 1.82) is 0 Å². The molecule has 0 aliphatic rings. The molecule has 0 heterocycles. The standard InChI is InChI=1S/C24BF20.C11H13ClNS/c26-5-1(6(27)14(35)21(42)13(5)34)25(2-7(28)15(36)22(43)16(37)8(2)29,3-9(30)17(38)23(44)18(39)10(3)31)4-11(32)19(40)24(45)20(41)12(4)33;1-13(2)11(14-9-8-12)10-6-4-3-5-7-10/h;3-9H,1-2H3/q-1;+1/b;9-8+. The molecular formula is C35H13BClF20NS. The third-order valence-corrected chi connectivity index (χ3v) is 9.74. The van der Waals surface area contributed by atoms with Gasteiger partial charge in [0.05, 0.1) is 5.56 Å². The van der Waals surface area contributed by atoms with Crippen LogP contribution < -0.4 is 21.9 Å². The fourth-order valence-corrected chi connectivity index (χ4v) is 6.79. The van der Waals surface area contributed by atoms with E-state index in [0.717, 1.165) is 0 Å². The van der Waals surface area contributed by atoms with E-state index in [4.69, 9.17) is 11.6 Å². The summed E-state index contributed by atoms with van der Waals surface area (Å²) in [5.41, 5.74) is -11.6. The molecule has 0 radical (unpaired) electrons. The van der Waals surface area contributed by atoms with E-state index in [1.54, 1.807) is 11.8 Å². The van der Waals surface area contributed by atoms with Crippen molar-refractivity contribution in [1.82, 2.24) is 0 Å². The van der Waals surface area contributed by atoms with Crippen LogP contribution in [0.5, 0.6) is 0 Å². The maximum absolute atomic E-state index is 15.4. The number of benzene rings is 5. The molecule has 5 rings (SSSR count). The summed E-state index contributed by atoms with van der Waals surface area (Å²) in [7, 11) is 4.05. The van der Waals surface area contributed by atoms with Crippen molar-refractivity contribution < 1.29 is 92.4 Å². The molecule has 0 atom stereocenters. The second-order valence-electron chi connectivity index (χ2n) is 11.7. The van der Waals surface area contributed by atoms with Crippen LogP contribution in [0, 0.1) is 116 Å². The van der Waals surface area contributed by atoms with Gasteiger partial charge in [0.25, 0.3) is 0 Å². The predicted molar refractivity (Wildman–Crippen MR) is 174 cm³/mol. The Labute approximate surface area is 325 Å². The molecule has 0 amide bonds. The van der Waals surface area contributed by atoms with E-state index >= 15 is 35.1 Å². The predicted octanol–water partition coefficient (Wildman–Crippen LogP) is 8.99. The summed E-state index contributed by atoms with van der Waals surface area (Å²) >= 11 is 7.12. The molecular weight excluding hydrogens is 893 g/mol. The fourth-order valence-electron chi connectivity index (χ4n) is 5.98. The van der Waals surface area contributed by atoms with E-state index in [0.29, 0.717) is 0 Å². The van der Waals surface area contributed by atoms with Crippen molar-refractivity contribution in [2.75, 3.05) is 14.1 Å². The van der Waals surface area contributed by atoms with Gasteiger partial charge in [0.2, 0.25) is 5.04 Å². The lowest BCUT2D eigenvalue weighted by Gasteiger charge is -2.44. The van der Waals surface area contributed by atoms with Gasteiger partial charge in [-0.2, -0.15) is 0 Å². The number of halogens is 21. The summed E-state index contributed by atoms with van der Waals surface area (Å²) in [6.07, 6.45) is -7.22. The fraction of sp³-hybridized carbons (Fsp3) is 0.0571. The van der Waals surface area contributed by atoms with Gasteiger partial charge >= 0.3 is 0 Å². The molecule has 0 bridgehead atoms. The van der Waals surface area contributed by atoms with Crippen LogP contribution in [0.4, 0.5) is 87.8 Å². The molecule has 5 aromatic carbocycles. The van der Waals surface area contributed by atoms with Crippen LogP contribution in [0.25, 0.3) is 0 Å². The zero-order valence-corrected chi connectivity index (χ0v) is 30.0. The summed E-state index contributed by atoms with van der Waals surface area (Å²) in [6.45, 7) is 0. The molecule has 59 heavy (non-hydrogen) atoms. The highest BCUT2D eigenvalue weighted by Gasteiger charge is 2.52. The first kappa shape index (κ1) is 46.5. The van der Waals surface area contributed by atoms with Crippen LogP contribution in [-0.2, 0) is 0 Å². The molecule has 5 aromatic rings. The Morgan fingerprint density at radius 3 is 0.831 bits per heavy atom. The molecule has 314 valence electrons. The molecule has 0 fully saturated rings. The molecule has 0 saturated heterocycles. The largest absolute Gasteiger partial charge is 0.245 e. The summed E-state index contributed by atoms with van der Waals surface area (Å²) in [5, 5.41) is 3.05. The quantitative estimate of drug-likeness (QED) is 0.0313. The zero-order chi connectivity index (χ0) is 44.7. The Morgan fingerprint density at radius 2 is 0.627 bits per heavy atom. The lowest BCUT2D eigenvalue weighted by molar-refractivity contribution is -0.460. The first-order chi connectivity index (χ1) is 27.5. The van der Waals surface area contributed by atoms with Gasteiger partial charge in [0.1, 0.15) is 66.8 Å². The number of hydrogen-bond donors (Lipinski definition) is 0. The SMILES string of the molecule is C[N+](C)=C(S/C=C/Cl)c1ccccc1.Fc1c(F)c(F)c([B-](c2c(F)c(F)c(F)c(F)c2F)(c2c(F)c(F)c(F)c(F)c2F)c2c(F)c(F)c(F)c(F)c2F)c(F)c1F. The third-order valence-electron chi connectivity index (χ3n) is 8.37. The van der Waals surface area contributed by atoms with Gasteiger partial charge in [-0.1, -0.05) is 29.8 Å². The van der Waals surface area contributed by atoms with Gasteiger partial charge < -0.3 is 0 Å². The van der Waals surface area contributed by atoms with Gasteiger partial charge in [-0.15, -0.1) is 21.9 Å². The highest BCUT2D eigenvalue weighted by atomic mass is 35.5. The highest BCUT2D eigenvalue weighted by Crippen LogP contribution is 2.30. The molecule has 1 nitrogen and oxygen atoms in total. The van der Waals surface area contributed by atoms with Crippen LogP contribution in [0.15, 0.2) is 41.3 Å². The van der Waals surface area contributed by atoms with Crippen molar-refractivity contribution >= 4 is 56.4 Å². The van der Waals surface area contributed by atoms with Crippen LogP contribution in [0.1, 0.15) is 5.56 Å². The Kier molecular flexibility index (Phi) is 13.9. The van der Waals surface area contributed by atoms with Crippen molar-refractivity contribution in [2.24, 2.45) is 0 Å². The van der Waals surface area contributed by atoms with Crippen LogP contribution in [0.3, 0.4) is 0 Å². The summed E-state index contributed by atoms with van der Waals surface area (Å²) in [6, 6.07) is 10.3. The minimum absolute atomic E-state index is 1.18. The summed E-state index contributed by atoms with van der Waals surface area (Å²) in [4.78, 5) is 0. The first-order valence-corrected chi connectivity index (χ1v) is 16.5.